The molecule has 4 nitrogen and oxygen atoms in total. The summed E-state index contributed by atoms with van der Waals surface area (Å²) in [5.41, 5.74) is 1.14. The van der Waals surface area contributed by atoms with Gasteiger partial charge in [0.25, 0.3) is 0 Å². The van der Waals surface area contributed by atoms with E-state index >= 15 is 0 Å². The lowest BCUT2D eigenvalue weighted by atomic mass is 10.0. The Balaban J connectivity index is 0.00000180. The van der Waals surface area contributed by atoms with Crippen LogP contribution in [0.4, 0.5) is 0 Å². The van der Waals surface area contributed by atoms with Crippen molar-refractivity contribution in [2.24, 2.45) is 5.92 Å². The number of carbonyl (C=O) groups excluding carboxylic acids is 1. The van der Waals surface area contributed by atoms with E-state index in [1.54, 1.807) is 7.11 Å². The Morgan fingerprint density at radius 3 is 2.42 bits per heavy atom. The topological polar surface area (TPSA) is 41.6 Å². The molecular weight excluding hydrogens is 264 g/mol. The molecule has 1 aliphatic rings. The number of nitrogens with zero attached hydrogens (tertiary/aromatic N) is 1. The van der Waals surface area contributed by atoms with Crippen molar-refractivity contribution in [3.8, 4) is 5.75 Å². The average Bonchev–Trinajstić information content (AvgIpc) is 2.34. The number of carbonyl (C=O) groups is 1. The van der Waals surface area contributed by atoms with Gasteiger partial charge in [0.05, 0.1) is 13.0 Å². The van der Waals surface area contributed by atoms with E-state index in [-0.39, 0.29) is 24.2 Å². The maximum atomic E-state index is 12.1. The summed E-state index contributed by atoms with van der Waals surface area (Å²) < 4.78 is 5.12. The monoisotopic (exact) mass is 284 g/mol. The second kappa shape index (κ2) is 7.36. The van der Waals surface area contributed by atoms with Crippen molar-refractivity contribution in [1.29, 1.82) is 0 Å². The highest BCUT2D eigenvalue weighted by molar-refractivity contribution is 5.85. The zero-order valence-electron chi connectivity index (χ0n) is 11.4. The van der Waals surface area contributed by atoms with Gasteiger partial charge in [-0.25, -0.2) is 0 Å². The first-order chi connectivity index (χ1) is 8.74. The minimum absolute atomic E-state index is 0. The van der Waals surface area contributed by atoms with Gasteiger partial charge in [-0.15, -0.1) is 12.4 Å². The van der Waals surface area contributed by atoms with E-state index in [9.17, 15) is 4.79 Å². The molecule has 0 spiro atoms. The Hall–Kier alpha value is -1.26. The molecule has 0 atom stereocenters. The van der Waals surface area contributed by atoms with Gasteiger partial charge in [0.1, 0.15) is 5.75 Å². The number of hydrogen-bond acceptors (Lipinski definition) is 3. The van der Waals surface area contributed by atoms with Crippen LogP contribution in [0.5, 0.6) is 5.75 Å². The lowest BCUT2D eigenvalue weighted by molar-refractivity contribution is -0.137. The average molecular weight is 285 g/mol. The predicted molar refractivity (Wildman–Crippen MR) is 77.7 cm³/mol. The molecule has 0 saturated carbocycles. The zero-order chi connectivity index (χ0) is 13.0. The molecule has 1 N–H and O–H groups in total. The van der Waals surface area contributed by atoms with E-state index in [1.807, 2.05) is 36.1 Å². The highest BCUT2D eigenvalue weighted by Gasteiger charge is 2.28. The quantitative estimate of drug-likeness (QED) is 0.895. The third-order valence-electron chi connectivity index (χ3n) is 3.36. The van der Waals surface area contributed by atoms with E-state index in [1.165, 1.54) is 0 Å². The maximum absolute atomic E-state index is 12.1. The van der Waals surface area contributed by atoms with Crippen molar-refractivity contribution in [2.75, 3.05) is 26.7 Å². The number of benzene rings is 1. The molecule has 0 radical (unpaired) electrons. The second-order valence-electron chi connectivity index (χ2n) is 4.56. The summed E-state index contributed by atoms with van der Waals surface area (Å²) in [4.78, 5) is 14.1. The first-order valence-corrected chi connectivity index (χ1v) is 6.37. The molecule has 1 aromatic carbocycles. The van der Waals surface area contributed by atoms with Gasteiger partial charge in [-0.05, 0) is 24.6 Å². The molecule has 5 heteroatoms. The minimum Gasteiger partial charge on any atom is -0.497 e. The number of hydrogen-bond donors (Lipinski definition) is 1. The molecule has 0 aromatic heterocycles. The SMILES string of the molecule is CCN(Cc1ccc(OC)cc1)C(=O)C1CNC1.Cl. The van der Waals surface area contributed by atoms with Crippen LogP contribution in [0, 0.1) is 5.92 Å². The number of nitrogens with one attached hydrogen (secondary N) is 1. The van der Waals surface area contributed by atoms with Crippen LogP contribution in [-0.2, 0) is 11.3 Å². The van der Waals surface area contributed by atoms with Gasteiger partial charge in [0.15, 0.2) is 0 Å². The summed E-state index contributed by atoms with van der Waals surface area (Å²) in [6.45, 7) is 5.08. The maximum Gasteiger partial charge on any atom is 0.228 e. The summed E-state index contributed by atoms with van der Waals surface area (Å²) in [5.74, 6) is 1.27. The molecule has 2 rings (SSSR count). The van der Waals surface area contributed by atoms with E-state index in [0.29, 0.717) is 6.54 Å². The van der Waals surface area contributed by atoms with Crippen LogP contribution in [0.15, 0.2) is 24.3 Å². The van der Waals surface area contributed by atoms with Crippen molar-refractivity contribution in [3.63, 3.8) is 0 Å². The highest BCUT2D eigenvalue weighted by atomic mass is 35.5. The smallest absolute Gasteiger partial charge is 0.228 e. The Labute approximate surface area is 120 Å². The molecule has 1 aliphatic heterocycles. The Kier molecular flexibility index (Phi) is 6.12. The standard InChI is InChI=1S/C14H20N2O2.ClH/c1-3-16(14(17)12-8-15-9-12)10-11-4-6-13(18-2)7-5-11;/h4-7,12,15H,3,8-10H2,1-2H3;1H. The summed E-state index contributed by atoms with van der Waals surface area (Å²) in [6.07, 6.45) is 0. The van der Waals surface area contributed by atoms with Crippen molar-refractivity contribution in [2.45, 2.75) is 13.5 Å². The number of ether oxygens (including phenoxy) is 1. The van der Waals surface area contributed by atoms with Crippen LogP contribution in [0.25, 0.3) is 0 Å². The van der Waals surface area contributed by atoms with Gasteiger partial charge in [0, 0.05) is 26.2 Å². The Morgan fingerprint density at radius 2 is 2.00 bits per heavy atom. The van der Waals surface area contributed by atoms with Crippen LogP contribution in [0.1, 0.15) is 12.5 Å². The second-order valence-corrected chi connectivity index (χ2v) is 4.56. The van der Waals surface area contributed by atoms with Crippen molar-refractivity contribution >= 4 is 18.3 Å². The van der Waals surface area contributed by atoms with Gasteiger partial charge >= 0.3 is 0 Å². The molecule has 0 bridgehead atoms. The normalized spacial score (nSPS) is 14.2. The Morgan fingerprint density at radius 1 is 1.37 bits per heavy atom. The van der Waals surface area contributed by atoms with Crippen molar-refractivity contribution in [3.05, 3.63) is 29.8 Å². The predicted octanol–water partition coefficient (Wildman–Crippen LogP) is 1.68. The summed E-state index contributed by atoms with van der Waals surface area (Å²) in [7, 11) is 1.65. The fraction of sp³-hybridized carbons (Fsp3) is 0.500. The van der Waals surface area contributed by atoms with Crippen LogP contribution >= 0.6 is 12.4 Å². The molecule has 1 aromatic rings. The van der Waals surface area contributed by atoms with Crippen LogP contribution in [0.3, 0.4) is 0 Å². The molecule has 1 fully saturated rings. The highest BCUT2D eigenvalue weighted by Crippen LogP contribution is 2.15. The van der Waals surface area contributed by atoms with Gasteiger partial charge < -0.3 is 15.0 Å². The van der Waals surface area contributed by atoms with Gasteiger partial charge in [0.2, 0.25) is 5.91 Å². The largest absolute Gasteiger partial charge is 0.497 e. The van der Waals surface area contributed by atoms with Crippen LogP contribution in [-0.4, -0.2) is 37.6 Å². The number of rotatable bonds is 5. The lowest BCUT2D eigenvalue weighted by Crippen LogP contribution is -2.51. The number of halogens is 1. The third-order valence-corrected chi connectivity index (χ3v) is 3.36. The molecule has 1 heterocycles. The molecule has 1 amide bonds. The lowest BCUT2D eigenvalue weighted by Gasteiger charge is -2.32. The number of amides is 1. The zero-order valence-corrected chi connectivity index (χ0v) is 12.2. The Bertz CT molecular complexity index is 404. The van der Waals surface area contributed by atoms with E-state index < -0.39 is 0 Å². The van der Waals surface area contributed by atoms with Crippen molar-refractivity contribution in [1.82, 2.24) is 10.2 Å². The summed E-state index contributed by atoms with van der Waals surface area (Å²) >= 11 is 0. The van der Waals surface area contributed by atoms with Crippen LogP contribution in [0.2, 0.25) is 0 Å². The van der Waals surface area contributed by atoms with E-state index in [2.05, 4.69) is 5.32 Å². The molecule has 19 heavy (non-hydrogen) atoms. The first-order valence-electron chi connectivity index (χ1n) is 6.37. The van der Waals surface area contributed by atoms with Gasteiger partial charge in [-0.1, -0.05) is 12.1 Å². The van der Waals surface area contributed by atoms with Crippen LogP contribution < -0.4 is 10.1 Å². The fourth-order valence-electron chi connectivity index (χ4n) is 2.02. The molecular formula is C14H21ClN2O2. The molecule has 0 aliphatic carbocycles. The number of methoxy groups -OCH3 is 1. The molecule has 1 saturated heterocycles. The van der Waals surface area contributed by atoms with Gasteiger partial charge in [-0.3, -0.25) is 4.79 Å². The summed E-state index contributed by atoms with van der Waals surface area (Å²) in [5, 5.41) is 3.14. The van der Waals surface area contributed by atoms with Gasteiger partial charge in [-0.2, -0.15) is 0 Å². The summed E-state index contributed by atoms with van der Waals surface area (Å²) in [6, 6.07) is 7.87. The third kappa shape index (κ3) is 3.85. The van der Waals surface area contributed by atoms with Crippen molar-refractivity contribution < 1.29 is 9.53 Å². The van der Waals surface area contributed by atoms with E-state index in [0.717, 1.165) is 30.9 Å². The fourth-order valence-corrected chi connectivity index (χ4v) is 2.02. The minimum atomic E-state index is 0. The molecule has 106 valence electrons. The first kappa shape index (κ1) is 15.8. The molecule has 0 unspecified atom stereocenters. The van der Waals surface area contributed by atoms with E-state index in [4.69, 9.17) is 4.74 Å².